The number of unbranched alkanes of at least 4 members (excludes halogenated alkanes) is 1. The molecule has 4 heteroatoms. The van der Waals surface area contributed by atoms with Gasteiger partial charge in [-0.15, -0.1) is 0 Å². The minimum Gasteiger partial charge on any atom is -0.451 e. The van der Waals surface area contributed by atoms with Crippen LogP contribution in [0.15, 0.2) is 46.9 Å². The third-order valence-corrected chi connectivity index (χ3v) is 3.28. The molecule has 0 saturated carbocycles. The Labute approximate surface area is 131 Å². The monoisotopic (exact) mass is 301 g/mol. The summed E-state index contributed by atoms with van der Waals surface area (Å²) in [6.07, 6.45) is 3.03. The zero-order valence-electron chi connectivity index (χ0n) is 13.0. The Kier molecular flexibility index (Phi) is 6.71. The van der Waals surface area contributed by atoms with E-state index in [4.69, 9.17) is 9.15 Å². The number of nitrogens with one attached hydrogen (secondary N) is 1. The van der Waals surface area contributed by atoms with E-state index in [1.165, 1.54) is 0 Å². The molecule has 0 aliphatic rings. The Morgan fingerprint density at radius 2 is 1.86 bits per heavy atom. The van der Waals surface area contributed by atoms with Gasteiger partial charge in [0.2, 0.25) is 0 Å². The number of hydrogen-bond donors (Lipinski definition) is 1. The van der Waals surface area contributed by atoms with Gasteiger partial charge in [-0.05, 0) is 25.0 Å². The van der Waals surface area contributed by atoms with Crippen molar-refractivity contribution in [2.45, 2.75) is 26.2 Å². The van der Waals surface area contributed by atoms with Crippen molar-refractivity contribution in [2.75, 3.05) is 19.8 Å². The molecule has 118 valence electrons. The molecule has 0 saturated heterocycles. The van der Waals surface area contributed by atoms with E-state index in [-0.39, 0.29) is 5.91 Å². The lowest BCUT2D eigenvalue weighted by molar-refractivity contribution is 0.0914. The molecule has 0 radical (unpaired) electrons. The van der Waals surface area contributed by atoms with Crippen molar-refractivity contribution in [3.05, 3.63) is 48.2 Å². The molecule has 0 atom stereocenters. The summed E-state index contributed by atoms with van der Waals surface area (Å²) in [5.74, 6) is 0.857. The summed E-state index contributed by atoms with van der Waals surface area (Å²) in [5, 5.41) is 2.84. The maximum Gasteiger partial charge on any atom is 0.287 e. The van der Waals surface area contributed by atoms with Gasteiger partial charge in [-0.3, -0.25) is 4.79 Å². The molecule has 1 aromatic carbocycles. The maximum absolute atomic E-state index is 12.0. The van der Waals surface area contributed by atoms with Crippen LogP contribution < -0.4 is 5.32 Å². The van der Waals surface area contributed by atoms with Crippen LogP contribution in [0.5, 0.6) is 0 Å². The highest BCUT2D eigenvalue weighted by Crippen LogP contribution is 2.21. The van der Waals surface area contributed by atoms with Crippen LogP contribution >= 0.6 is 0 Å². The number of ether oxygens (including phenoxy) is 1. The number of benzene rings is 1. The first-order valence-corrected chi connectivity index (χ1v) is 7.82. The lowest BCUT2D eigenvalue weighted by Crippen LogP contribution is -2.24. The van der Waals surface area contributed by atoms with Crippen molar-refractivity contribution < 1.29 is 13.9 Å². The number of hydrogen-bond acceptors (Lipinski definition) is 3. The summed E-state index contributed by atoms with van der Waals surface area (Å²) in [6.45, 7) is 4.19. The van der Waals surface area contributed by atoms with E-state index in [1.54, 1.807) is 6.07 Å². The molecule has 2 rings (SSSR count). The molecule has 0 fully saturated rings. The highest BCUT2D eigenvalue weighted by Gasteiger charge is 2.11. The van der Waals surface area contributed by atoms with Crippen LogP contribution in [0.25, 0.3) is 11.3 Å². The Balaban J connectivity index is 1.73. The summed E-state index contributed by atoms with van der Waals surface area (Å²) >= 11 is 0. The van der Waals surface area contributed by atoms with Crippen molar-refractivity contribution in [3.63, 3.8) is 0 Å². The summed E-state index contributed by atoms with van der Waals surface area (Å²) in [5.41, 5.74) is 0.964. The first-order chi connectivity index (χ1) is 10.8. The summed E-state index contributed by atoms with van der Waals surface area (Å²) in [4.78, 5) is 12.0. The number of furan rings is 1. The first kappa shape index (κ1) is 16.3. The average molecular weight is 301 g/mol. The number of rotatable bonds is 9. The number of amides is 1. The van der Waals surface area contributed by atoms with Gasteiger partial charge in [-0.1, -0.05) is 43.7 Å². The van der Waals surface area contributed by atoms with Crippen LogP contribution in [0.4, 0.5) is 0 Å². The van der Waals surface area contributed by atoms with Crippen LogP contribution in [0, 0.1) is 0 Å². The van der Waals surface area contributed by atoms with Crippen molar-refractivity contribution in [1.29, 1.82) is 0 Å². The van der Waals surface area contributed by atoms with Gasteiger partial charge in [0.1, 0.15) is 5.76 Å². The fraction of sp³-hybridized carbons (Fsp3) is 0.389. The average Bonchev–Trinajstić information content (AvgIpc) is 3.05. The van der Waals surface area contributed by atoms with Gasteiger partial charge in [0.25, 0.3) is 5.91 Å². The topological polar surface area (TPSA) is 51.5 Å². The second kappa shape index (κ2) is 9.05. The van der Waals surface area contributed by atoms with Crippen LogP contribution in [0.3, 0.4) is 0 Å². The molecule has 22 heavy (non-hydrogen) atoms. The van der Waals surface area contributed by atoms with Gasteiger partial charge < -0.3 is 14.5 Å². The fourth-order valence-corrected chi connectivity index (χ4v) is 2.03. The summed E-state index contributed by atoms with van der Waals surface area (Å²) < 4.78 is 11.0. The van der Waals surface area contributed by atoms with Gasteiger partial charge in [-0.2, -0.15) is 0 Å². The Bertz CT molecular complexity index is 563. The molecule has 0 aliphatic heterocycles. The van der Waals surface area contributed by atoms with E-state index in [2.05, 4.69) is 12.2 Å². The molecular formula is C18H23NO3. The van der Waals surface area contributed by atoms with Crippen molar-refractivity contribution in [1.82, 2.24) is 5.32 Å². The molecule has 2 aromatic rings. The molecule has 0 unspecified atom stereocenters. The highest BCUT2D eigenvalue weighted by atomic mass is 16.5. The van der Waals surface area contributed by atoms with Crippen molar-refractivity contribution >= 4 is 5.91 Å². The predicted molar refractivity (Wildman–Crippen MR) is 86.8 cm³/mol. The van der Waals surface area contributed by atoms with Gasteiger partial charge in [0, 0.05) is 25.3 Å². The zero-order chi connectivity index (χ0) is 15.6. The van der Waals surface area contributed by atoms with Gasteiger partial charge >= 0.3 is 0 Å². The smallest absolute Gasteiger partial charge is 0.287 e. The SMILES string of the molecule is CCCCOCCCNC(=O)c1ccc(-c2ccccc2)o1. The van der Waals surface area contributed by atoms with Crippen molar-refractivity contribution in [2.24, 2.45) is 0 Å². The summed E-state index contributed by atoms with van der Waals surface area (Å²) in [7, 11) is 0. The van der Waals surface area contributed by atoms with Crippen LogP contribution in [-0.4, -0.2) is 25.7 Å². The maximum atomic E-state index is 12.0. The number of carbonyl (C=O) groups is 1. The molecule has 0 aliphatic carbocycles. The Morgan fingerprint density at radius 1 is 1.09 bits per heavy atom. The molecule has 1 amide bonds. The molecule has 0 spiro atoms. The lowest BCUT2D eigenvalue weighted by atomic mass is 10.2. The molecule has 4 nitrogen and oxygen atoms in total. The second-order valence-electron chi connectivity index (χ2n) is 5.11. The number of carbonyl (C=O) groups excluding carboxylic acids is 1. The summed E-state index contributed by atoms with van der Waals surface area (Å²) in [6, 6.07) is 13.3. The molecule has 1 heterocycles. The first-order valence-electron chi connectivity index (χ1n) is 7.82. The minimum atomic E-state index is -0.185. The fourth-order valence-electron chi connectivity index (χ4n) is 2.03. The molecule has 1 aromatic heterocycles. The van der Waals surface area contributed by atoms with E-state index < -0.39 is 0 Å². The van der Waals surface area contributed by atoms with Gasteiger partial charge in [0.15, 0.2) is 5.76 Å². The van der Waals surface area contributed by atoms with Crippen LogP contribution in [0.1, 0.15) is 36.7 Å². The zero-order valence-corrected chi connectivity index (χ0v) is 13.0. The predicted octanol–water partition coefficient (Wildman–Crippen LogP) is 3.88. The third kappa shape index (κ3) is 5.04. The Hall–Kier alpha value is -2.07. The standard InChI is InChI=1S/C18H23NO3/c1-2-3-13-21-14-7-12-19-18(20)17-11-10-16(22-17)15-8-5-4-6-9-15/h4-6,8-11H,2-3,7,12-14H2,1H3,(H,19,20). The molecule has 1 N–H and O–H groups in total. The van der Waals surface area contributed by atoms with E-state index in [0.717, 1.165) is 31.4 Å². The molecule has 0 bridgehead atoms. The van der Waals surface area contributed by atoms with E-state index in [9.17, 15) is 4.79 Å². The minimum absolute atomic E-state index is 0.185. The Morgan fingerprint density at radius 3 is 2.64 bits per heavy atom. The largest absolute Gasteiger partial charge is 0.451 e. The van der Waals surface area contributed by atoms with E-state index in [0.29, 0.717) is 24.7 Å². The normalized spacial score (nSPS) is 10.6. The molecular weight excluding hydrogens is 278 g/mol. The van der Waals surface area contributed by atoms with E-state index >= 15 is 0 Å². The second-order valence-corrected chi connectivity index (χ2v) is 5.11. The quantitative estimate of drug-likeness (QED) is 0.715. The van der Waals surface area contributed by atoms with Crippen molar-refractivity contribution in [3.8, 4) is 11.3 Å². The van der Waals surface area contributed by atoms with E-state index in [1.807, 2.05) is 36.4 Å². The van der Waals surface area contributed by atoms with Crippen LogP contribution in [0.2, 0.25) is 0 Å². The van der Waals surface area contributed by atoms with Gasteiger partial charge in [-0.25, -0.2) is 0 Å². The van der Waals surface area contributed by atoms with Crippen LogP contribution in [-0.2, 0) is 4.74 Å². The highest BCUT2D eigenvalue weighted by molar-refractivity contribution is 5.92. The third-order valence-electron chi connectivity index (χ3n) is 3.28. The lowest BCUT2D eigenvalue weighted by Gasteiger charge is -2.04. The van der Waals surface area contributed by atoms with Gasteiger partial charge in [0.05, 0.1) is 0 Å².